The molecule has 0 bridgehead atoms. The summed E-state index contributed by atoms with van der Waals surface area (Å²) in [6.45, 7) is 4.56. The van der Waals surface area contributed by atoms with Crippen molar-refractivity contribution in [1.82, 2.24) is 19.5 Å². The van der Waals surface area contributed by atoms with Crippen LogP contribution >= 0.6 is 0 Å². The molecule has 0 radical (unpaired) electrons. The molecule has 0 amide bonds. The van der Waals surface area contributed by atoms with Crippen LogP contribution in [0.4, 0.5) is 11.8 Å². The number of fused-ring (bicyclic) bond motifs is 1. The molecule has 168 valence electrons. The van der Waals surface area contributed by atoms with Gasteiger partial charge in [0.2, 0.25) is 5.95 Å². The molecule has 1 saturated carbocycles. The van der Waals surface area contributed by atoms with Crippen LogP contribution in [-0.4, -0.2) is 64.0 Å². The molecule has 0 spiro atoms. The van der Waals surface area contributed by atoms with Crippen molar-refractivity contribution in [2.24, 2.45) is 7.05 Å². The van der Waals surface area contributed by atoms with E-state index in [0.29, 0.717) is 19.0 Å². The van der Waals surface area contributed by atoms with Crippen LogP contribution in [0.3, 0.4) is 0 Å². The van der Waals surface area contributed by atoms with E-state index in [1.54, 1.807) is 7.05 Å². The van der Waals surface area contributed by atoms with Crippen LogP contribution in [0.25, 0.3) is 11.2 Å². The number of nitrogens with zero attached hydrogens (tertiary/aromatic N) is 4. The van der Waals surface area contributed by atoms with Gasteiger partial charge >= 0.3 is 0 Å². The Morgan fingerprint density at radius 2 is 1.90 bits per heavy atom. The van der Waals surface area contributed by atoms with Gasteiger partial charge in [-0.3, -0.25) is 4.55 Å². The lowest BCUT2D eigenvalue weighted by molar-refractivity contribution is 0.0270. The van der Waals surface area contributed by atoms with Gasteiger partial charge in [0.1, 0.15) is 5.82 Å². The smallest absolute Gasteiger partial charge is 0.264 e. The summed E-state index contributed by atoms with van der Waals surface area (Å²) in [5, 5.41) is 6.58. The van der Waals surface area contributed by atoms with E-state index in [-0.39, 0.29) is 23.8 Å². The van der Waals surface area contributed by atoms with Crippen molar-refractivity contribution in [3.05, 3.63) is 5.82 Å². The number of hydrogen-bond acceptors (Lipinski definition) is 8. The average Bonchev–Trinajstić information content (AvgIpc) is 3.03. The van der Waals surface area contributed by atoms with E-state index >= 15 is 0 Å². The van der Waals surface area contributed by atoms with Gasteiger partial charge in [-0.25, -0.2) is 4.98 Å². The molecule has 3 N–H and O–H groups in total. The fourth-order valence-electron chi connectivity index (χ4n) is 3.87. The zero-order valence-electron chi connectivity index (χ0n) is 18.1. The number of aromatic nitrogens is 4. The van der Waals surface area contributed by atoms with E-state index < -0.39 is 10.1 Å². The third-order valence-electron chi connectivity index (χ3n) is 5.41. The van der Waals surface area contributed by atoms with E-state index in [0.717, 1.165) is 48.5 Å². The van der Waals surface area contributed by atoms with Crippen LogP contribution in [-0.2, 0) is 21.9 Å². The largest absolute Gasteiger partial charge is 0.378 e. The number of rotatable bonds is 9. The standard InChI is InChI=1S/C19H32N6O4S/c1-12(2)17-22-15-16(23-19(20-3)24-18(15)25(17)4)21-13-6-8-14(9-7-13)29-10-5-11-30(26,27)28/h12-14H,5-11H2,1-4H3,(H,26,27,28)(H2,20,21,23,24). The van der Waals surface area contributed by atoms with Crippen LogP contribution in [0.1, 0.15) is 57.7 Å². The van der Waals surface area contributed by atoms with Gasteiger partial charge in [0.15, 0.2) is 17.0 Å². The summed E-state index contributed by atoms with van der Waals surface area (Å²) in [6, 6.07) is 0.259. The summed E-state index contributed by atoms with van der Waals surface area (Å²) in [5.41, 5.74) is 1.58. The minimum absolute atomic E-state index is 0.116. The SMILES string of the molecule is CNc1nc(NC2CCC(OCCCS(=O)(=O)O)CC2)c2nc(C(C)C)n(C)c2n1. The number of nitrogens with one attached hydrogen (secondary N) is 2. The van der Waals surface area contributed by atoms with Gasteiger partial charge in [-0.1, -0.05) is 13.8 Å². The maximum absolute atomic E-state index is 10.8. The van der Waals surface area contributed by atoms with Gasteiger partial charge in [-0.2, -0.15) is 18.4 Å². The predicted octanol–water partition coefficient (Wildman–Crippen LogP) is 2.55. The normalized spacial score (nSPS) is 20.1. The van der Waals surface area contributed by atoms with Crippen molar-refractivity contribution in [3.63, 3.8) is 0 Å². The lowest BCUT2D eigenvalue weighted by Gasteiger charge is -2.29. The molecular weight excluding hydrogens is 408 g/mol. The minimum Gasteiger partial charge on any atom is -0.378 e. The highest BCUT2D eigenvalue weighted by molar-refractivity contribution is 7.85. The molecule has 1 aliphatic carbocycles. The van der Waals surface area contributed by atoms with Gasteiger partial charge in [-0.15, -0.1) is 0 Å². The molecule has 2 heterocycles. The van der Waals surface area contributed by atoms with Crippen molar-refractivity contribution >= 4 is 33.0 Å². The van der Waals surface area contributed by atoms with E-state index in [4.69, 9.17) is 14.3 Å². The Balaban J connectivity index is 1.62. The minimum atomic E-state index is -3.92. The summed E-state index contributed by atoms with van der Waals surface area (Å²) in [5.74, 6) is 2.29. The topological polar surface area (TPSA) is 131 Å². The second-order valence-electron chi connectivity index (χ2n) is 8.13. The summed E-state index contributed by atoms with van der Waals surface area (Å²) in [7, 11) is -0.137. The highest BCUT2D eigenvalue weighted by Crippen LogP contribution is 2.29. The quantitative estimate of drug-likeness (QED) is 0.397. The number of hydrogen-bond donors (Lipinski definition) is 3. The second-order valence-corrected chi connectivity index (χ2v) is 9.70. The van der Waals surface area contributed by atoms with E-state index in [1.165, 1.54) is 0 Å². The van der Waals surface area contributed by atoms with Gasteiger partial charge < -0.3 is 19.9 Å². The Kier molecular flexibility index (Phi) is 7.14. The maximum Gasteiger partial charge on any atom is 0.264 e. The fraction of sp³-hybridized carbons (Fsp3) is 0.737. The molecular formula is C19H32N6O4S. The molecule has 30 heavy (non-hydrogen) atoms. The third-order valence-corrected chi connectivity index (χ3v) is 6.21. The highest BCUT2D eigenvalue weighted by atomic mass is 32.2. The van der Waals surface area contributed by atoms with Gasteiger partial charge in [0.05, 0.1) is 11.9 Å². The first-order chi connectivity index (χ1) is 14.2. The lowest BCUT2D eigenvalue weighted by atomic mass is 9.93. The third kappa shape index (κ3) is 5.58. The van der Waals surface area contributed by atoms with Crippen LogP contribution in [0.5, 0.6) is 0 Å². The lowest BCUT2D eigenvalue weighted by Crippen LogP contribution is -2.30. The molecule has 0 atom stereocenters. The molecule has 1 aliphatic rings. The van der Waals surface area contributed by atoms with Crippen molar-refractivity contribution in [2.45, 2.75) is 64.0 Å². The van der Waals surface area contributed by atoms with Gasteiger partial charge in [-0.05, 0) is 32.1 Å². The summed E-state index contributed by atoms with van der Waals surface area (Å²) >= 11 is 0. The number of aryl methyl sites for hydroxylation is 1. The van der Waals surface area contributed by atoms with Gasteiger partial charge in [0, 0.05) is 32.7 Å². The summed E-state index contributed by atoms with van der Waals surface area (Å²) in [4.78, 5) is 14.0. The van der Waals surface area contributed by atoms with Crippen LogP contribution in [0.2, 0.25) is 0 Å². The van der Waals surface area contributed by atoms with Crippen molar-refractivity contribution in [2.75, 3.05) is 30.0 Å². The Labute approximate surface area is 177 Å². The van der Waals surface area contributed by atoms with E-state index in [1.807, 2.05) is 11.6 Å². The van der Waals surface area contributed by atoms with Gasteiger partial charge in [0.25, 0.3) is 10.1 Å². The van der Waals surface area contributed by atoms with Crippen molar-refractivity contribution in [3.8, 4) is 0 Å². The molecule has 10 nitrogen and oxygen atoms in total. The first-order valence-corrected chi connectivity index (χ1v) is 12.0. The zero-order chi connectivity index (χ0) is 21.9. The Hall–Kier alpha value is -1.98. The first kappa shape index (κ1) is 22.7. The van der Waals surface area contributed by atoms with Crippen LogP contribution < -0.4 is 10.6 Å². The predicted molar refractivity (Wildman–Crippen MR) is 117 cm³/mol. The Morgan fingerprint density at radius 3 is 2.50 bits per heavy atom. The first-order valence-electron chi connectivity index (χ1n) is 10.4. The van der Waals surface area contributed by atoms with E-state index in [2.05, 4.69) is 34.4 Å². The van der Waals surface area contributed by atoms with Crippen molar-refractivity contribution in [1.29, 1.82) is 0 Å². The molecule has 0 aliphatic heterocycles. The summed E-state index contributed by atoms with van der Waals surface area (Å²) in [6.07, 6.45) is 4.04. The number of ether oxygens (including phenoxy) is 1. The highest BCUT2D eigenvalue weighted by Gasteiger charge is 2.24. The fourth-order valence-corrected chi connectivity index (χ4v) is 4.35. The molecule has 1 fully saturated rings. The molecule has 0 unspecified atom stereocenters. The maximum atomic E-state index is 10.8. The molecule has 0 saturated heterocycles. The van der Waals surface area contributed by atoms with Crippen molar-refractivity contribution < 1.29 is 17.7 Å². The zero-order valence-corrected chi connectivity index (χ0v) is 18.9. The monoisotopic (exact) mass is 440 g/mol. The van der Waals surface area contributed by atoms with E-state index in [9.17, 15) is 8.42 Å². The van der Waals surface area contributed by atoms with Crippen LogP contribution in [0.15, 0.2) is 0 Å². The summed E-state index contributed by atoms with van der Waals surface area (Å²) < 4.78 is 38.1. The molecule has 11 heteroatoms. The second kappa shape index (κ2) is 9.44. The molecule has 0 aromatic carbocycles. The van der Waals surface area contributed by atoms with Crippen LogP contribution in [0, 0.1) is 0 Å². The Bertz CT molecular complexity index is 967. The average molecular weight is 441 g/mol. The number of anilines is 2. The Morgan fingerprint density at radius 1 is 1.20 bits per heavy atom. The number of imidazole rings is 1. The molecule has 2 aromatic heterocycles. The molecule has 2 aromatic rings. The molecule has 3 rings (SSSR count).